The van der Waals surface area contributed by atoms with Gasteiger partial charge in [-0.05, 0) is 55.5 Å². The maximum Gasteiger partial charge on any atom is 0.271 e. The Morgan fingerprint density at radius 2 is 1.65 bits per heavy atom. The summed E-state index contributed by atoms with van der Waals surface area (Å²) in [5.41, 5.74) is 5.75. The SMILES string of the molecule is COc1ccc(/C=N/NC(=O)c2ccc(NC(=O)c3cccc(C)c3)cc2)c(OC)c1. The highest BCUT2D eigenvalue weighted by Crippen LogP contribution is 2.23. The van der Waals surface area contributed by atoms with Gasteiger partial charge in [0.25, 0.3) is 11.8 Å². The molecule has 2 amide bonds. The average molecular weight is 417 g/mol. The summed E-state index contributed by atoms with van der Waals surface area (Å²) in [7, 11) is 3.12. The summed E-state index contributed by atoms with van der Waals surface area (Å²) >= 11 is 0. The van der Waals surface area contributed by atoms with Crippen molar-refractivity contribution in [2.24, 2.45) is 5.10 Å². The summed E-state index contributed by atoms with van der Waals surface area (Å²) in [5, 5.41) is 6.80. The second kappa shape index (κ2) is 10.1. The van der Waals surface area contributed by atoms with Gasteiger partial charge in [0.2, 0.25) is 0 Å². The van der Waals surface area contributed by atoms with Crippen LogP contribution in [0.5, 0.6) is 11.5 Å². The van der Waals surface area contributed by atoms with Gasteiger partial charge in [-0.15, -0.1) is 0 Å². The number of carbonyl (C=O) groups excluding carboxylic acids is 2. The lowest BCUT2D eigenvalue weighted by molar-refractivity contribution is 0.0954. The third kappa shape index (κ3) is 5.70. The molecule has 0 unspecified atom stereocenters. The number of hydrogen-bond acceptors (Lipinski definition) is 5. The Kier molecular flexibility index (Phi) is 7.01. The van der Waals surface area contributed by atoms with E-state index in [1.54, 1.807) is 62.8 Å². The number of methoxy groups -OCH3 is 2. The summed E-state index contributed by atoms with van der Waals surface area (Å²) in [6.07, 6.45) is 1.49. The number of rotatable bonds is 7. The van der Waals surface area contributed by atoms with Crippen molar-refractivity contribution in [1.82, 2.24) is 5.43 Å². The molecule has 7 heteroatoms. The normalized spacial score (nSPS) is 10.5. The van der Waals surface area contributed by atoms with Gasteiger partial charge >= 0.3 is 0 Å². The van der Waals surface area contributed by atoms with E-state index in [1.165, 1.54) is 6.21 Å². The van der Waals surface area contributed by atoms with Crippen molar-refractivity contribution in [3.8, 4) is 11.5 Å². The number of nitrogens with one attached hydrogen (secondary N) is 2. The lowest BCUT2D eigenvalue weighted by atomic mass is 10.1. The fourth-order valence-electron chi connectivity index (χ4n) is 2.84. The highest BCUT2D eigenvalue weighted by atomic mass is 16.5. The predicted molar refractivity (Wildman–Crippen MR) is 120 cm³/mol. The second-order valence-corrected chi connectivity index (χ2v) is 6.71. The first-order chi connectivity index (χ1) is 15.0. The van der Waals surface area contributed by atoms with Gasteiger partial charge in [-0.25, -0.2) is 5.43 Å². The minimum Gasteiger partial charge on any atom is -0.497 e. The molecule has 0 heterocycles. The van der Waals surface area contributed by atoms with Gasteiger partial charge < -0.3 is 14.8 Å². The standard InChI is InChI=1S/C24H23N3O4/c1-16-5-4-6-18(13-16)23(28)26-20-10-7-17(8-11-20)24(29)27-25-15-19-9-12-21(30-2)14-22(19)31-3/h4-15H,1-3H3,(H,26,28)(H,27,29)/b25-15+. The van der Waals surface area contributed by atoms with E-state index in [1.807, 2.05) is 25.1 Å². The number of anilines is 1. The molecule has 0 radical (unpaired) electrons. The fourth-order valence-corrected chi connectivity index (χ4v) is 2.84. The highest BCUT2D eigenvalue weighted by Gasteiger charge is 2.08. The van der Waals surface area contributed by atoms with E-state index < -0.39 is 0 Å². The summed E-state index contributed by atoms with van der Waals surface area (Å²) in [5.74, 6) is 0.651. The zero-order chi connectivity index (χ0) is 22.2. The smallest absolute Gasteiger partial charge is 0.271 e. The molecule has 7 nitrogen and oxygen atoms in total. The van der Waals surface area contributed by atoms with Crippen molar-refractivity contribution >= 4 is 23.7 Å². The van der Waals surface area contributed by atoms with Crippen LogP contribution in [0.25, 0.3) is 0 Å². The van der Waals surface area contributed by atoms with Crippen molar-refractivity contribution in [2.45, 2.75) is 6.92 Å². The van der Waals surface area contributed by atoms with Crippen LogP contribution in [0.3, 0.4) is 0 Å². The molecule has 0 aliphatic rings. The number of amides is 2. The number of hydrazone groups is 1. The van der Waals surface area contributed by atoms with Crippen LogP contribution >= 0.6 is 0 Å². The van der Waals surface area contributed by atoms with E-state index in [0.29, 0.717) is 33.9 Å². The third-order valence-corrected chi connectivity index (χ3v) is 4.50. The van der Waals surface area contributed by atoms with Gasteiger partial charge in [0.1, 0.15) is 11.5 Å². The summed E-state index contributed by atoms with van der Waals surface area (Å²) in [4.78, 5) is 24.6. The van der Waals surface area contributed by atoms with E-state index in [-0.39, 0.29) is 11.8 Å². The van der Waals surface area contributed by atoms with Gasteiger partial charge in [0, 0.05) is 28.4 Å². The number of ether oxygens (including phenoxy) is 2. The predicted octanol–water partition coefficient (Wildman–Crippen LogP) is 4.03. The molecule has 0 fully saturated rings. The summed E-state index contributed by atoms with van der Waals surface area (Å²) < 4.78 is 10.5. The maximum atomic E-state index is 12.3. The van der Waals surface area contributed by atoms with Crippen molar-refractivity contribution in [3.63, 3.8) is 0 Å². The zero-order valence-corrected chi connectivity index (χ0v) is 17.5. The van der Waals surface area contributed by atoms with Gasteiger partial charge in [-0.1, -0.05) is 17.7 Å². The van der Waals surface area contributed by atoms with Crippen LogP contribution in [-0.2, 0) is 0 Å². The first-order valence-corrected chi connectivity index (χ1v) is 9.53. The Morgan fingerprint density at radius 1 is 0.871 bits per heavy atom. The number of nitrogens with zero attached hydrogens (tertiary/aromatic N) is 1. The minimum absolute atomic E-state index is 0.209. The Labute approximate surface area is 180 Å². The lowest BCUT2D eigenvalue weighted by Crippen LogP contribution is -2.18. The Balaban J connectivity index is 1.60. The third-order valence-electron chi connectivity index (χ3n) is 4.50. The maximum absolute atomic E-state index is 12.3. The van der Waals surface area contributed by atoms with Crippen LogP contribution in [0, 0.1) is 6.92 Å². The van der Waals surface area contributed by atoms with Crippen LogP contribution in [0.1, 0.15) is 31.8 Å². The number of benzene rings is 3. The van der Waals surface area contributed by atoms with Crippen molar-refractivity contribution in [1.29, 1.82) is 0 Å². The van der Waals surface area contributed by atoms with Crippen LogP contribution in [0.2, 0.25) is 0 Å². The molecule has 3 rings (SSSR count). The highest BCUT2D eigenvalue weighted by molar-refractivity contribution is 6.04. The van der Waals surface area contributed by atoms with E-state index in [9.17, 15) is 9.59 Å². The van der Waals surface area contributed by atoms with E-state index in [0.717, 1.165) is 5.56 Å². The lowest BCUT2D eigenvalue weighted by Gasteiger charge is -2.07. The molecule has 0 atom stereocenters. The average Bonchev–Trinajstić information content (AvgIpc) is 2.79. The minimum atomic E-state index is -0.375. The molecule has 3 aromatic rings. The first-order valence-electron chi connectivity index (χ1n) is 9.53. The molecule has 0 saturated heterocycles. The molecule has 158 valence electrons. The van der Waals surface area contributed by atoms with Gasteiger partial charge in [0.15, 0.2) is 0 Å². The Bertz CT molecular complexity index is 1110. The van der Waals surface area contributed by atoms with Crippen LogP contribution < -0.4 is 20.2 Å². The molecule has 2 N–H and O–H groups in total. The van der Waals surface area contributed by atoms with E-state index >= 15 is 0 Å². The number of hydrogen-bond donors (Lipinski definition) is 2. The zero-order valence-electron chi connectivity index (χ0n) is 17.5. The van der Waals surface area contributed by atoms with E-state index in [4.69, 9.17) is 9.47 Å². The molecule has 0 bridgehead atoms. The monoisotopic (exact) mass is 417 g/mol. The molecule has 3 aromatic carbocycles. The quantitative estimate of drug-likeness (QED) is 0.449. The largest absolute Gasteiger partial charge is 0.497 e. The first kappa shape index (κ1) is 21.6. The summed E-state index contributed by atoms with van der Waals surface area (Å²) in [6.45, 7) is 1.93. The van der Waals surface area contributed by atoms with Crippen LogP contribution in [0.15, 0.2) is 71.8 Å². The topological polar surface area (TPSA) is 89.0 Å². The summed E-state index contributed by atoms with van der Waals surface area (Å²) in [6, 6.07) is 19.2. The van der Waals surface area contributed by atoms with Crippen molar-refractivity contribution in [2.75, 3.05) is 19.5 Å². The number of aryl methyl sites for hydroxylation is 1. The van der Waals surface area contributed by atoms with Crippen molar-refractivity contribution in [3.05, 3.63) is 89.0 Å². The molecule has 0 aromatic heterocycles. The molecule has 31 heavy (non-hydrogen) atoms. The molecule has 0 spiro atoms. The van der Waals surface area contributed by atoms with Gasteiger partial charge in [-0.3, -0.25) is 9.59 Å². The van der Waals surface area contributed by atoms with Crippen LogP contribution in [-0.4, -0.2) is 32.2 Å². The van der Waals surface area contributed by atoms with E-state index in [2.05, 4.69) is 15.8 Å². The Hall–Kier alpha value is -4.13. The Morgan fingerprint density at radius 3 is 2.32 bits per heavy atom. The molecule has 0 saturated carbocycles. The van der Waals surface area contributed by atoms with Gasteiger partial charge in [0.05, 0.1) is 20.4 Å². The number of carbonyl (C=O) groups is 2. The molecular weight excluding hydrogens is 394 g/mol. The molecule has 0 aliphatic heterocycles. The van der Waals surface area contributed by atoms with Crippen LogP contribution in [0.4, 0.5) is 5.69 Å². The van der Waals surface area contributed by atoms with Crippen molar-refractivity contribution < 1.29 is 19.1 Å². The second-order valence-electron chi connectivity index (χ2n) is 6.71. The fraction of sp³-hybridized carbons (Fsp3) is 0.125. The molecular formula is C24H23N3O4. The molecule has 0 aliphatic carbocycles. The van der Waals surface area contributed by atoms with Gasteiger partial charge in [-0.2, -0.15) is 5.10 Å².